The molecule has 1 aliphatic heterocycles. The van der Waals surface area contributed by atoms with E-state index in [1.165, 1.54) is 11.1 Å². The largest absolute Gasteiger partial charge is 0.493 e. The molecule has 1 N–H and O–H groups in total. The van der Waals surface area contributed by atoms with Gasteiger partial charge in [-0.25, -0.2) is 0 Å². The van der Waals surface area contributed by atoms with Crippen LogP contribution in [0, 0.1) is 0 Å². The monoisotopic (exact) mass is 298 g/mol. The minimum atomic E-state index is -0.156. The molecule has 0 saturated carbocycles. The molecule has 0 fully saturated rings. The van der Waals surface area contributed by atoms with E-state index in [0.717, 1.165) is 48.9 Å². The fourth-order valence-corrected chi connectivity index (χ4v) is 2.82. The molecule has 0 radical (unpaired) electrons. The van der Waals surface area contributed by atoms with Crippen molar-refractivity contribution >= 4 is 15.9 Å². The Morgan fingerprint density at radius 2 is 2.29 bits per heavy atom. The van der Waals surface area contributed by atoms with Crippen LogP contribution in [-0.4, -0.2) is 17.8 Å². The van der Waals surface area contributed by atoms with Crippen molar-refractivity contribution < 1.29 is 9.84 Å². The molecule has 0 spiro atoms. The van der Waals surface area contributed by atoms with E-state index in [4.69, 9.17) is 4.74 Å². The number of fused-ring (bicyclic) bond motifs is 1. The molecule has 1 heterocycles. The first kappa shape index (κ1) is 12.9. The highest BCUT2D eigenvalue weighted by Crippen LogP contribution is 2.33. The quantitative estimate of drug-likeness (QED) is 0.902. The van der Waals surface area contributed by atoms with Gasteiger partial charge in [-0.05, 0) is 48.9 Å². The Bertz CT molecular complexity index is 390. The zero-order valence-corrected chi connectivity index (χ0v) is 11.8. The summed E-state index contributed by atoms with van der Waals surface area (Å²) in [6.07, 6.45) is 4.57. The fraction of sp³-hybridized carbons (Fsp3) is 0.571. The van der Waals surface area contributed by atoms with E-state index >= 15 is 0 Å². The lowest BCUT2D eigenvalue weighted by Gasteiger charge is -2.10. The van der Waals surface area contributed by atoms with E-state index in [0.29, 0.717) is 0 Å². The molecular formula is C14H19BrO2. The second kappa shape index (κ2) is 5.87. The van der Waals surface area contributed by atoms with Crippen LogP contribution in [0.25, 0.3) is 0 Å². The number of hydrogen-bond acceptors (Lipinski definition) is 2. The second-order valence-electron chi connectivity index (χ2n) is 4.61. The number of ether oxygens (including phenoxy) is 1. The topological polar surface area (TPSA) is 29.5 Å². The van der Waals surface area contributed by atoms with Crippen LogP contribution in [0.5, 0.6) is 5.75 Å². The summed E-state index contributed by atoms with van der Waals surface area (Å²) in [6, 6.07) is 4.29. The van der Waals surface area contributed by atoms with E-state index in [1.54, 1.807) is 0 Å². The molecule has 0 amide bonds. The lowest BCUT2D eigenvalue weighted by molar-refractivity contribution is 0.157. The van der Waals surface area contributed by atoms with Gasteiger partial charge in [-0.15, -0.1) is 0 Å². The Morgan fingerprint density at radius 3 is 3.06 bits per heavy atom. The molecule has 1 atom stereocenters. The first-order valence-corrected chi connectivity index (χ1v) is 7.12. The second-order valence-corrected chi connectivity index (χ2v) is 5.52. The lowest BCUT2D eigenvalue weighted by Crippen LogP contribution is -2.04. The summed E-state index contributed by atoms with van der Waals surface area (Å²) < 4.78 is 6.82. The van der Waals surface area contributed by atoms with Gasteiger partial charge in [-0.2, -0.15) is 0 Å². The van der Waals surface area contributed by atoms with Crippen molar-refractivity contribution in [3.8, 4) is 5.75 Å². The van der Waals surface area contributed by atoms with E-state index in [2.05, 4.69) is 28.1 Å². The Balaban J connectivity index is 2.01. The van der Waals surface area contributed by atoms with Gasteiger partial charge < -0.3 is 9.84 Å². The van der Waals surface area contributed by atoms with Gasteiger partial charge in [-0.3, -0.25) is 0 Å². The molecule has 0 saturated heterocycles. The van der Waals surface area contributed by atoms with Crippen LogP contribution in [0.15, 0.2) is 16.6 Å². The predicted molar refractivity (Wildman–Crippen MR) is 72.6 cm³/mol. The van der Waals surface area contributed by atoms with Crippen molar-refractivity contribution in [2.75, 3.05) is 6.61 Å². The maximum atomic E-state index is 9.54. The Labute approximate surface area is 111 Å². The van der Waals surface area contributed by atoms with Gasteiger partial charge in [0.05, 0.1) is 12.7 Å². The van der Waals surface area contributed by atoms with Gasteiger partial charge in [0.2, 0.25) is 0 Å². The van der Waals surface area contributed by atoms with Gasteiger partial charge in [0, 0.05) is 10.9 Å². The minimum absolute atomic E-state index is 0.156. The van der Waals surface area contributed by atoms with Gasteiger partial charge in [0.25, 0.3) is 0 Å². The third kappa shape index (κ3) is 3.23. The summed E-state index contributed by atoms with van der Waals surface area (Å²) in [6.45, 7) is 2.82. The maximum absolute atomic E-state index is 9.54. The summed E-state index contributed by atoms with van der Waals surface area (Å²) in [7, 11) is 0. The maximum Gasteiger partial charge on any atom is 0.125 e. The minimum Gasteiger partial charge on any atom is -0.493 e. The average molecular weight is 299 g/mol. The summed E-state index contributed by atoms with van der Waals surface area (Å²) in [5.74, 6) is 1.08. The average Bonchev–Trinajstić information content (AvgIpc) is 2.76. The number of hydrogen-bond donors (Lipinski definition) is 1. The standard InChI is InChI=1S/C14H19BrO2/c1-2-13(16)5-3-4-10-8-12(15)9-11-6-7-17-14(10)11/h8-9,13,16H,2-7H2,1H3. The van der Waals surface area contributed by atoms with Crippen LogP contribution < -0.4 is 4.74 Å². The Kier molecular flexibility index (Phi) is 4.46. The van der Waals surface area contributed by atoms with Crippen molar-refractivity contribution in [1.29, 1.82) is 0 Å². The van der Waals surface area contributed by atoms with Crippen molar-refractivity contribution in [1.82, 2.24) is 0 Å². The molecule has 1 aromatic carbocycles. The number of rotatable bonds is 5. The third-order valence-corrected chi connectivity index (χ3v) is 3.74. The Hall–Kier alpha value is -0.540. The van der Waals surface area contributed by atoms with Gasteiger partial charge in [-0.1, -0.05) is 22.9 Å². The summed E-state index contributed by atoms with van der Waals surface area (Å²) in [4.78, 5) is 0. The molecule has 3 heteroatoms. The van der Waals surface area contributed by atoms with Gasteiger partial charge in [0.15, 0.2) is 0 Å². The SMILES string of the molecule is CCC(O)CCCc1cc(Br)cc2c1OCC2. The van der Waals surface area contributed by atoms with Crippen molar-refractivity contribution in [2.24, 2.45) is 0 Å². The molecule has 94 valence electrons. The number of aliphatic hydroxyl groups excluding tert-OH is 1. The first-order valence-electron chi connectivity index (χ1n) is 6.33. The normalized spacial score (nSPS) is 15.5. The van der Waals surface area contributed by atoms with E-state index in [-0.39, 0.29) is 6.10 Å². The lowest BCUT2D eigenvalue weighted by atomic mass is 10.0. The summed E-state index contributed by atoms with van der Waals surface area (Å²) in [5, 5.41) is 9.54. The molecule has 1 unspecified atom stereocenters. The van der Waals surface area contributed by atoms with E-state index in [1.807, 2.05) is 6.92 Å². The predicted octanol–water partition coefficient (Wildman–Crippen LogP) is 3.48. The van der Waals surface area contributed by atoms with Crippen molar-refractivity contribution in [2.45, 2.75) is 45.1 Å². The van der Waals surface area contributed by atoms with Crippen LogP contribution in [0.2, 0.25) is 0 Å². The molecule has 1 aromatic rings. The molecular weight excluding hydrogens is 280 g/mol. The van der Waals surface area contributed by atoms with Gasteiger partial charge >= 0.3 is 0 Å². The molecule has 17 heavy (non-hydrogen) atoms. The van der Waals surface area contributed by atoms with Crippen LogP contribution >= 0.6 is 15.9 Å². The van der Waals surface area contributed by atoms with Crippen molar-refractivity contribution in [3.05, 3.63) is 27.7 Å². The molecule has 0 aliphatic carbocycles. The van der Waals surface area contributed by atoms with E-state index < -0.39 is 0 Å². The number of aliphatic hydroxyl groups is 1. The van der Waals surface area contributed by atoms with E-state index in [9.17, 15) is 5.11 Å². The highest BCUT2D eigenvalue weighted by Gasteiger charge is 2.17. The van der Waals surface area contributed by atoms with Crippen LogP contribution in [-0.2, 0) is 12.8 Å². The molecule has 0 bridgehead atoms. The summed E-state index contributed by atoms with van der Waals surface area (Å²) in [5.41, 5.74) is 2.58. The van der Waals surface area contributed by atoms with Crippen LogP contribution in [0.1, 0.15) is 37.3 Å². The highest BCUT2D eigenvalue weighted by atomic mass is 79.9. The van der Waals surface area contributed by atoms with Crippen molar-refractivity contribution in [3.63, 3.8) is 0 Å². The van der Waals surface area contributed by atoms with Gasteiger partial charge in [0.1, 0.15) is 5.75 Å². The summed E-state index contributed by atoms with van der Waals surface area (Å²) >= 11 is 3.55. The first-order chi connectivity index (χ1) is 8.20. The zero-order chi connectivity index (χ0) is 12.3. The van der Waals surface area contributed by atoms with Crippen LogP contribution in [0.3, 0.4) is 0 Å². The fourth-order valence-electron chi connectivity index (χ4n) is 2.26. The zero-order valence-electron chi connectivity index (χ0n) is 10.2. The third-order valence-electron chi connectivity index (χ3n) is 3.28. The number of halogens is 1. The molecule has 2 rings (SSSR count). The highest BCUT2D eigenvalue weighted by molar-refractivity contribution is 9.10. The molecule has 2 nitrogen and oxygen atoms in total. The smallest absolute Gasteiger partial charge is 0.125 e. The number of benzene rings is 1. The Morgan fingerprint density at radius 1 is 1.47 bits per heavy atom. The number of aryl methyl sites for hydroxylation is 1. The molecule has 0 aromatic heterocycles. The van der Waals surface area contributed by atoms with Crippen LogP contribution in [0.4, 0.5) is 0 Å². The molecule has 1 aliphatic rings.